The van der Waals surface area contributed by atoms with Crippen molar-refractivity contribution in [1.29, 1.82) is 0 Å². The fraction of sp³-hybridized carbons (Fsp3) is 0.727. The van der Waals surface area contributed by atoms with Crippen LogP contribution in [0.5, 0.6) is 0 Å². The monoisotopic (exact) mass is 212 g/mol. The first-order valence-corrected chi connectivity index (χ1v) is 5.32. The molecule has 15 heavy (non-hydrogen) atoms. The van der Waals surface area contributed by atoms with Gasteiger partial charge in [0.25, 0.3) is 0 Å². The van der Waals surface area contributed by atoms with Crippen LogP contribution in [0.4, 0.5) is 0 Å². The van der Waals surface area contributed by atoms with Gasteiger partial charge in [0.05, 0.1) is 7.11 Å². The van der Waals surface area contributed by atoms with Gasteiger partial charge < -0.3 is 10.1 Å². The number of ether oxygens (including phenoxy) is 1. The van der Waals surface area contributed by atoms with E-state index in [1.807, 2.05) is 0 Å². The number of esters is 1. The van der Waals surface area contributed by atoms with Gasteiger partial charge in [-0.05, 0) is 18.9 Å². The number of piperidine rings is 1. The van der Waals surface area contributed by atoms with Crippen molar-refractivity contribution >= 4 is 5.97 Å². The fourth-order valence-electron chi connectivity index (χ4n) is 2.10. The van der Waals surface area contributed by atoms with Gasteiger partial charge >= 0.3 is 5.97 Å². The molecular weight excluding hydrogens is 192 g/mol. The molecule has 4 heteroatoms. The molecule has 2 unspecified atom stereocenters. The Morgan fingerprint density at radius 2 is 2.53 bits per heavy atom. The lowest BCUT2D eigenvalue weighted by molar-refractivity contribution is -0.152. The molecule has 1 aliphatic rings. The summed E-state index contributed by atoms with van der Waals surface area (Å²) in [6, 6.07) is 0. The van der Waals surface area contributed by atoms with Crippen LogP contribution in [0.1, 0.15) is 13.3 Å². The lowest BCUT2D eigenvalue weighted by Crippen LogP contribution is -2.63. The third-order valence-electron chi connectivity index (χ3n) is 3.10. The topological polar surface area (TPSA) is 50.4 Å². The zero-order valence-electron chi connectivity index (χ0n) is 9.51. The van der Waals surface area contributed by atoms with Gasteiger partial charge in [-0.25, -0.2) is 0 Å². The number of rotatable bonds is 4. The molecule has 4 nitrogen and oxygen atoms in total. The Balaban J connectivity index is 2.82. The summed E-state index contributed by atoms with van der Waals surface area (Å²) in [5.74, 6) is 0.0528. The summed E-state index contributed by atoms with van der Waals surface area (Å²) in [5.41, 5.74) is -0.547. The van der Waals surface area contributed by atoms with Crippen molar-refractivity contribution in [2.24, 2.45) is 5.92 Å². The molecule has 0 radical (unpaired) electrons. The summed E-state index contributed by atoms with van der Waals surface area (Å²) in [5, 5.41) is 6.52. The van der Waals surface area contributed by atoms with Gasteiger partial charge in [-0.15, -0.1) is 6.58 Å². The second-order valence-corrected chi connectivity index (χ2v) is 3.99. The van der Waals surface area contributed by atoms with Gasteiger partial charge in [-0.1, -0.05) is 13.0 Å². The quantitative estimate of drug-likeness (QED) is 0.520. The first-order valence-electron chi connectivity index (χ1n) is 5.32. The van der Waals surface area contributed by atoms with Crippen molar-refractivity contribution in [3.63, 3.8) is 0 Å². The number of carbonyl (C=O) groups is 1. The predicted octanol–water partition coefficient (Wildman–Crippen LogP) is 0.303. The third-order valence-corrected chi connectivity index (χ3v) is 3.10. The molecule has 1 rings (SSSR count). The van der Waals surface area contributed by atoms with E-state index in [-0.39, 0.29) is 11.9 Å². The van der Waals surface area contributed by atoms with Crippen molar-refractivity contribution < 1.29 is 9.53 Å². The van der Waals surface area contributed by atoms with E-state index in [0.29, 0.717) is 6.54 Å². The van der Waals surface area contributed by atoms with Gasteiger partial charge in [0.15, 0.2) is 0 Å². The Morgan fingerprint density at radius 1 is 1.80 bits per heavy atom. The molecule has 0 amide bonds. The smallest absolute Gasteiger partial charge is 0.326 e. The van der Waals surface area contributed by atoms with E-state index >= 15 is 0 Å². The highest BCUT2D eigenvalue weighted by atomic mass is 16.5. The van der Waals surface area contributed by atoms with Crippen LogP contribution in [0.25, 0.3) is 0 Å². The fourth-order valence-corrected chi connectivity index (χ4v) is 2.10. The summed E-state index contributed by atoms with van der Waals surface area (Å²) in [6.07, 6.45) is 2.52. The molecule has 1 saturated heterocycles. The van der Waals surface area contributed by atoms with Gasteiger partial charge in [-0.2, -0.15) is 0 Å². The third kappa shape index (κ3) is 2.38. The van der Waals surface area contributed by atoms with Crippen LogP contribution >= 0.6 is 0 Å². The number of carbonyl (C=O) groups excluding carboxylic acids is 1. The number of methoxy groups -OCH3 is 1. The van der Waals surface area contributed by atoms with E-state index in [9.17, 15) is 4.79 Å². The van der Waals surface area contributed by atoms with Crippen LogP contribution in [0.3, 0.4) is 0 Å². The molecule has 2 N–H and O–H groups in total. The van der Waals surface area contributed by atoms with Crippen LogP contribution in [0, 0.1) is 5.92 Å². The standard InChI is InChI=1S/C11H20N2O2/c1-4-6-13-11(10(14)15-3)5-7-12-8-9(11)2/h4,9,12-13H,1,5-8H2,2-3H3. The van der Waals surface area contributed by atoms with Crippen LogP contribution in [0.15, 0.2) is 12.7 Å². The minimum Gasteiger partial charge on any atom is -0.468 e. The first-order chi connectivity index (χ1) is 7.17. The maximum Gasteiger partial charge on any atom is 0.326 e. The maximum absolute atomic E-state index is 11.9. The van der Waals surface area contributed by atoms with E-state index in [1.54, 1.807) is 6.08 Å². The van der Waals surface area contributed by atoms with Gasteiger partial charge in [0.2, 0.25) is 0 Å². The number of hydrogen-bond acceptors (Lipinski definition) is 4. The van der Waals surface area contributed by atoms with Gasteiger partial charge in [0.1, 0.15) is 5.54 Å². The van der Waals surface area contributed by atoms with Crippen LogP contribution < -0.4 is 10.6 Å². The van der Waals surface area contributed by atoms with Crippen LogP contribution in [-0.2, 0) is 9.53 Å². The molecule has 0 bridgehead atoms. The minimum absolute atomic E-state index is 0.168. The maximum atomic E-state index is 11.9. The highest BCUT2D eigenvalue weighted by molar-refractivity contribution is 5.81. The van der Waals surface area contributed by atoms with E-state index in [1.165, 1.54) is 7.11 Å². The summed E-state index contributed by atoms with van der Waals surface area (Å²) in [4.78, 5) is 11.9. The second-order valence-electron chi connectivity index (χ2n) is 3.99. The Labute approximate surface area is 91.1 Å². The lowest BCUT2D eigenvalue weighted by Gasteiger charge is -2.40. The highest BCUT2D eigenvalue weighted by Crippen LogP contribution is 2.25. The average molecular weight is 212 g/mol. The molecule has 1 aliphatic heterocycles. The predicted molar refractivity (Wildman–Crippen MR) is 59.6 cm³/mol. The molecule has 0 saturated carbocycles. The highest BCUT2D eigenvalue weighted by Gasteiger charge is 2.45. The molecule has 2 atom stereocenters. The average Bonchev–Trinajstić information content (AvgIpc) is 2.27. The van der Waals surface area contributed by atoms with Crippen molar-refractivity contribution in [1.82, 2.24) is 10.6 Å². The summed E-state index contributed by atoms with van der Waals surface area (Å²) >= 11 is 0. The SMILES string of the molecule is C=CCNC1(C(=O)OC)CCNCC1C. The molecule has 1 heterocycles. The molecule has 0 aromatic carbocycles. The Kier molecular flexibility index (Phi) is 4.29. The van der Waals surface area contributed by atoms with E-state index in [4.69, 9.17) is 4.74 Å². The lowest BCUT2D eigenvalue weighted by atomic mass is 9.79. The minimum atomic E-state index is -0.547. The Bertz CT molecular complexity index is 243. The molecular formula is C11H20N2O2. The zero-order chi connectivity index (χ0) is 11.3. The largest absolute Gasteiger partial charge is 0.468 e. The molecule has 1 fully saturated rings. The second kappa shape index (κ2) is 5.28. The number of nitrogens with one attached hydrogen (secondary N) is 2. The molecule has 0 aliphatic carbocycles. The Morgan fingerprint density at radius 3 is 3.07 bits per heavy atom. The molecule has 0 aromatic heterocycles. The van der Waals surface area contributed by atoms with Crippen LogP contribution in [0.2, 0.25) is 0 Å². The van der Waals surface area contributed by atoms with E-state index < -0.39 is 5.54 Å². The van der Waals surface area contributed by atoms with Crippen LogP contribution in [-0.4, -0.2) is 38.3 Å². The normalized spacial score (nSPS) is 30.9. The van der Waals surface area contributed by atoms with Crippen molar-refractivity contribution in [3.8, 4) is 0 Å². The molecule has 86 valence electrons. The van der Waals surface area contributed by atoms with E-state index in [0.717, 1.165) is 19.5 Å². The Hall–Kier alpha value is -0.870. The summed E-state index contributed by atoms with van der Waals surface area (Å²) in [6.45, 7) is 8.00. The van der Waals surface area contributed by atoms with Crippen molar-refractivity contribution in [2.75, 3.05) is 26.7 Å². The van der Waals surface area contributed by atoms with E-state index in [2.05, 4.69) is 24.1 Å². The van der Waals surface area contributed by atoms with Gasteiger partial charge in [0, 0.05) is 13.1 Å². The van der Waals surface area contributed by atoms with Gasteiger partial charge in [-0.3, -0.25) is 10.1 Å². The van der Waals surface area contributed by atoms with Crippen molar-refractivity contribution in [2.45, 2.75) is 18.9 Å². The summed E-state index contributed by atoms with van der Waals surface area (Å²) in [7, 11) is 1.44. The summed E-state index contributed by atoms with van der Waals surface area (Å²) < 4.78 is 4.90. The molecule has 0 aromatic rings. The molecule has 0 spiro atoms. The zero-order valence-corrected chi connectivity index (χ0v) is 9.51. The van der Waals surface area contributed by atoms with Crippen molar-refractivity contribution in [3.05, 3.63) is 12.7 Å². The number of hydrogen-bond donors (Lipinski definition) is 2. The first kappa shape index (κ1) is 12.2.